The van der Waals surface area contributed by atoms with Crippen molar-refractivity contribution in [3.63, 3.8) is 0 Å². The van der Waals surface area contributed by atoms with Gasteiger partial charge in [0.1, 0.15) is 6.04 Å². The van der Waals surface area contributed by atoms with Crippen molar-refractivity contribution >= 4 is 5.97 Å². The molecule has 0 aromatic carbocycles. The van der Waals surface area contributed by atoms with Crippen LogP contribution in [0.4, 0.5) is 0 Å². The number of hydrogen-bond acceptors (Lipinski definition) is 3. The molecule has 1 atom stereocenters. The average molecular weight is 256 g/mol. The van der Waals surface area contributed by atoms with Crippen molar-refractivity contribution in [3.05, 3.63) is 0 Å². The van der Waals surface area contributed by atoms with E-state index < -0.39 is 5.97 Å². The Morgan fingerprint density at radius 3 is 2.56 bits per heavy atom. The van der Waals surface area contributed by atoms with E-state index in [1.165, 1.54) is 25.7 Å². The van der Waals surface area contributed by atoms with E-state index in [-0.39, 0.29) is 6.04 Å². The zero-order valence-corrected chi connectivity index (χ0v) is 11.8. The Hall–Kier alpha value is -0.610. The van der Waals surface area contributed by atoms with Crippen LogP contribution < -0.4 is 5.32 Å². The van der Waals surface area contributed by atoms with E-state index in [4.69, 9.17) is 5.11 Å². The third kappa shape index (κ3) is 5.36. The minimum Gasteiger partial charge on any atom is -0.480 e. The lowest BCUT2D eigenvalue weighted by atomic mass is 9.92. The van der Waals surface area contributed by atoms with Gasteiger partial charge >= 0.3 is 5.97 Å². The summed E-state index contributed by atoms with van der Waals surface area (Å²) in [5.74, 6) is 0.174. The summed E-state index contributed by atoms with van der Waals surface area (Å²) in [6.07, 6.45) is 5.91. The molecule has 4 heteroatoms. The number of aliphatic carboxylic acids is 1. The molecule has 0 saturated carbocycles. The first-order valence-corrected chi connectivity index (χ1v) is 7.35. The van der Waals surface area contributed by atoms with Crippen LogP contribution in [0.5, 0.6) is 0 Å². The Kier molecular flexibility index (Phi) is 7.28. The van der Waals surface area contributed by atoms with Crippen LogP contribution in [0.3, 0.4) is 0 Å². The van der Waals surface area contributed by atoms with Gasteiger partial charge in [0.25, 0.3) is 0 Å². The highest BCUT2D eigenvalue weighted by atomic mass is 16.4. The van der Waals surface area contributed by atoms with Crippen LogP contribution in [-0.4, -0.2) is 48.2 Å². The van der Waals surface area contributed by atoms with E-state index in [0.717, 1.165) is 32.1 Å². The highest BCUT2D eigenvalue weighted by Crippen LogP contribution is 2.21. The second kappa shape index (κ2) is 8.48. The van der Waals surface area contributed by atoms with Gasteiger partial charge in [-0.15, -0.1) is 0 Å². The van der Waals surface area contributed by atoms with E-state index >= 15 is 0 Å². The van der Waals surface area contributed by atoms with Gasteiger partial charge < -0.3 is 15.3 Å². The second-order valence-electron chi connectivity index (χ2n) is 5.31. The maximum atomic E-state index is 11.0. The molecule has 0 spiro atoms. The van der Waals surface area contributed by atoms with Crippen LogP contribution >= 0.6 is 0 Å². The van der Waals surface area contributed by atoms with Crippen molar-refractivity contribution in [1.82, 2.24) is 10.2 Å². The molecule has 0 aromatic rings. The van der Waals surface area contributed by atoms with Gasteiger partial charge in [-0.2, -0.15) is 0 Å². The summed E-state index contributed by atoms with van der Waals surface area (Å²) in [4.78, 5) is 13.4. The van der Waals surface area contributed by atoms with Crippen molar-refractivity contribution in [2.75, 3.05) is 26.2 Å². The summed E-state index contributed by atoms with van der Waals surface area (Å²) in [5.41, 5.74) is 0. The number of carboxylic acids is 1. The van der Waals surface area contributed by atoms with Gasteiger partial charge in [-0.1, -0.05) is 26.7 Å². The fraction of sp³-hybridized carbons (Fsp3) is 0.929. The van der Waals surface area contributed by atoms with E-state index in [1.807, 2.05) is 6.92 Å². The number of carbonyl (C=O) groups is 1. The fourth-order valence-corrected chi connectivity index (χ4v) is 2.78. The van der Waals surface area contributed by atoms with Crippen LogP contribution in [0, 0.1) is 5.92 Å². The van der Waals surface area contributed by atoms with Crippen LogP contribution in [0.2, 0.25) is 0 Å². The number of piperidine rings is 1. The minimum atomic E-state index is -0.724. The fourth-order valence-electron chi connectivity index (χ4n) is 2.78. The smallest absolute Gasteiger partial charge is 0.320 e. The third-order valence-corrected chi connectivity index (χ3v) is 3.89. The molecule has 1 heterocycles. The Morgan fingerprint density at radius 1 is 1.39 bits per heavy atom. The van der Waals surface area contributed by atoms with Gasteiger partial charge in [0.15, 0.2) is 0 Å². The standard InChI is InChI=1S/C14H28N2O2/c1-3-5-12-6-9-16(10-7-12)11-8-13(14(17)18)15-4-2/h12-13,15H,3-11H2,1-2H3,(H,17,18). The number of hydrogen-bond donors (Lipinski definition) is 2. The molecule has 1 saturated heterocycles. The molecular weight excluding hydrogens is 228 g/mol. The summed E-state index contributed by atoms with van der Waals surface area (Å²) in [7, 11) is 0. The molecule has 18 heavy (non-hydrogen) atoms. The summed E-state index contributed by atoms with van der Waals surface area (Å²) < 4.78 is 0. The van der Waals surface area contributed by atoms with Gasteiger partial charge in [-0.25, -0.2) is 0 Å². The lowest BCUT2D eigenvalue weighted by molar-refractivity contribution is -0.139. The van der Waals surface area contributed by atoms with Gasteiger partial charge in [-0.05, 0) is 44.8 Å². The zero-order valence-electron chi connectivity index (χ0n) is 11.8. The van der Waals surface area contributed by atoms with E-state index in [0.29, 0.717) is 6.42 Å². The number of likely N-dealkylation sites (N-methyl/N-ethyl adjacent to an activating group) is 1. The number of carboxylic acid groups (broad SMARTS) is 1. The lowest BCUT2D eigenvalue weighted by Crippen LogP contribution is -2.41. The molecule has 0 amide bonds. The lowest BCUT2D eigenvalue weighted by Gasteiger charge is -2.32. The third-order valence-electron chi connectivity index (χ3n) is 3.89. The molecule has 1 rings (SSSR count). The van der Waals surface area contributed by atoms with Gasteiger partial charge in [-0.3, -0.25) is 4.79 Å². The topological polar surface area (TPSA) is 52.6 Å². The molecule has 2 N–H and O–H groups in total. The molecule has 1 unspecified atom stereocenters. The van der Waals surface area contributed by atoms with E-state index in [1.54, 1.807) is 0 Å². The first-order valence-electron chi connectivity index (χ1n) is 7.35. The van der Waals surface area contributed by atoms with E-state index in [9.17, 15) is 4.79 Å². The Labute approximate surface area is 111 Å². The van der Waals surface area contributed by atoms with Crippen molar-refractivity contribution in [1.29, 1.82) is 0 Å². The number of nitrogens with zero attached hydrogens (tertiary/aromatic N) is 1. The van der Waals surface area contributed by atoms with E-state index in [2.05, 4.69) is 17.1 Å². The monoisotopic (exact) mass is 256 g/mol. The quantitative estimate of drug-likeness (QED) is 0.697. The summed E-state index contributed by atoms with van der Waals surface area (Å²) >= 11 is 0. The van der Waals surface area contributed by atoms with Crippen molar-refractivity contribution in [2.45, 2.75) is 52.0 Å². The second-order valence-corrected chi connectivity index (χ2v) is 5.31. The Balaban J connectivity index is 2.21. The van der Waals surface area contributed by atoms with Crippen molar-refractivity contribution < 1.29 is 9.90 Å². The normalized spacial score (nSPS) is 19.9. The Morgan fingerprint density at radius 2 is 2.06 bits per heavy atom. The predicted molar refractivity (Wildman–Crippen MR) is 73.8 cm³/mol. The Bertz CT molecular complexity index is 238. The summed E-state index contributed by atoms with van der Waals surface area (Å²) in [6.45, 7) is 8.11. The molecule has 0 radical (unpaired) electrons. The van der Waals surface area contributed by atoms with Crippen LogP contribution in [0.25, 0.3) is 0 Å². The maximum absolute atomic E-state index is 11.0. The number of likely N-dealkylation sites (tertiary alicyclic amines) is 1. The molecule has 0 aliphatic carbocycles. The average Bonchev–Trinajstić information content (AvgIpc) is 2.36. The molecule has 4 nitrogen and oxygen atoms in total. The minimum absolute atomic E-state index is 0.386. The summed E-state index contributed by atoms with van der Waals surface area (Å²) in [6, 6.07) is -0.386. The molecule has 1 fully saturated rings. The number of nitrogens with one attached hydrogen (secondary N) is 1. The van der Waals surface area contributed by atoms with Crippen LogP contribution in [-0.2, 0) is 4.79 Å². The first kappa shape index (κ1) is 15.4. The van der Waals surface area contributed by atoms with Gasteiger partial charge in [0, 0.05) is 6.54 Å². The van der Waals surface area contributed by atoms with Crippen LogP contribution in [0.15, 0.2) is 0 Å². The molecular formula is C14H28N2O2. The van der Waals surface area contributed by atoms with Gasteiger partial charge in [0.05, 0.1) is 0 Å². The molecule has 1 aliphatic heterocycles. The first-order chi connectivity index (χ1) is 8.67. The van der Waals surface area contributed by atoms with Crippen molar-refractivity contribution in [3.8, 4) is 0 Å². The SMILES string of the molecule is CCCC1CCN(CCC(NCC)C(=O)O)CC1. The summed E-state index contributed by atoms with van der Waals surface area (Å²) in [5, 5.41) is 12.1. The zero-order chi connectivity index (χ0) is 13.4. The largest absolute Gasteiger partial charge is 0.480 e. The highest BCUT2D eigenvalue weighted by molar-refractivity contribution is 5.73. The molecule has 1 aliphatic rings. The molecule has 106 valence electrons. The van der Waals surface area contributed by atoms with Crippen molar-refractivity contribution in [2.24, 2.45) is 5.92 Å². The maximum Gasteiger partial charge on any atom is 0.320 e. The molecule has 0 aromatic heterocycles. The molecule has 0 bridgehead atoms. The highest BCUT2D eigenvalue weighted by Gasteiger charge is 2.21. The van der Waals surface area contributed by atoms with Crippen LogP contribution in [0.1, 0.15) is 46.0 Å². The van der Waals surface area contributed by atoms with Gasteiger partial charge in [0.2, 0.25) is 0 Å². The predicted octanol–water partition coefficient (Wildman–Crippen LogP) is 1.95. The number of rotatable bonds is 8.